The van der Waals surface area contributed by atoms with Crippen LogP contribution in [-0.4, -0.2) is 18.1 Å². The lowest BCUT2D eigenvalue weighted by atomic mass is 10.0. The van der Waals surface area contributed by atoms with Gasteiger partial charge in [0.1, 0.15) is 0 Å². The van der Waals surface area contributed by atoms with E-state index in [-0.39, 0.29) is 0 Å². The second-order valence-electron chi connectivity index (χ2n) is 4.92. The summed E-state index contributed by atoms with van der Waals surface area (Å²) in [7, 11) is 0. The summed E-state index contributed by atoms with van der Waals surface area (Å²) in [6, 6.07) is 10.4. The van der Waals surface area contributed by atoms with Gasteiger partial charge < -0.3 is 5.32 Å². The summed E-state index contributed by atoms with van der Waals surface area (Å²) in [5.74, 6) is 3.45. The Morgan fingerprint density at radius 2 is 2.22 bits per heavy atom. The molecule has 1 aliphatic rings. The molecule has 1 unspecified atom stereocenters. The van der Waals surface area contributed by atoms with Crippen molar-refractivity contribution in [3.63, 3.8) is 0 Å². The summed E-state index contributed by atoms with van der Waals surface area (Å²) in [4.78, 5) is 0. The van der Waals surface area contributed by atoms with Crippen molar-refractivity contribution in [3.05, 3.63) is 35.4 Å². The Kier molecular flexibility index (Phi) is 5.10. The van der Waals surface area contributed by atoms with E-state index in [1.165, 1.54) is 29.9 Å². The van der Waals surface area contributed by atoms with Gasteiger partial charge in [0.2, 0.25) is 0 Å². The summed E-state index contributed by atoms with van der Waals surface area (Å²) in [5.41, 5.74) is 1.95. The minimum Gasteiger partial charge on any atom is -0.310 e. The molecule has 1 N–H and O–H groups in total. The van der Waals surface area contributed by atoms with Crippen LogP contribution in [-0.2, 0) is 0 Å². The van der Waals surface area contributed by atoms with E-state index in [1.54, 1.807) is 0 Å². The van der Waals surface area contributed by atoms with Gasteiger partial charge in [-0.25, -0.2) is 0 Å². The van der Waals surface area contributed by atoms with Crippen molar-refractivity contribution in [2.75, 3.05) is 18.1 Å². The molecule has 0 spiro atoms. The molecule has 0 aliphatic carbocycles. The number of hydrogen-bond acceptors (Lipinski definition) is 3. The first-order valence-corrected chi connectivity index (χ1v) is 7.76. The fourth-order valence-corrected chi connectivity index (χ4v) is 3.49. The zero-order valence-electron chi connectivity index (χ0n) is 10.9. The van der Waals surface area contributed by atoms with Gasteiger partial charge in [-0.3, -0.25) is 0 Å². The standard InChI is InChI=1S/C15H20N2S/c1-12(15-4-2-3-14(9-15)10-16)17-11-13-5-7-18-8-6-13/h2-4,9,12-13,17H,5-8,11H2,1H3. The minimum atomic E-state index is 0.327. The molecule has 1 saturated heterocycles. The average Bonchev–Trinajstić information content (AvgIpc) is 2.46. The van der Waals surface area contributed by atoms with Crippen molar-refractivity contribution < 1.29 is 0 Å². The fourth-order valence-electron chi connectivity index (χ4n) is 2.29. The number of nitriles is 1. The monoisotopic (exact) mass is 260 g/mol. The van der Waals surface area contributed by atoms with Crippen LogP contribution < -0.4 is 5.32 Å². The molecule has 1 aromatic carbocycles. The zero-order valence-corrected chi connectivity index (χ0v) is 11.7. The van der Waals surface area contributed by atoms with Crippen LogP contribution >= 0.6 is 11.8 Å². The summed E-state index contributed by atoms with van der Waals surface area (Å²) in [5, 5.41) is 12.5. The van der Waals surface area contributed by atoms with E-state index in [1.807, 2.05) is 18.2 Å². The maximum Gasteiger partial charge on any atom is 0.0991 e. The Morgan fingerprint density at radius 1 is 1.44 bits per heavy atom. The Hall–Kier alpha value is -0.980. The number of thioether (sulfide) groups is 1. The SMILES string of the molecule is CC(NCC1CCSCC1)c1cccc(C#N)c1. The van der Waals surface area contributed by atoms with E-state index in [4.69, 9.17) is 5.26 Å². The van der Waals surface area contributed by atoms with Gasteiger partial charge in [0.05, 0.1) is 11.6 Å². The number of nitrogens with one attached hydrogen (secondary N) is 1. The number of hydrogen-bond donors (Lipinski definition) is 1. The van der Waals surface area contributed by atoms with Crippen LogP contribution in [0.3, 0.4) is 0 Å². The van der Waals surface area contributed by atoms with Crippen LogP contribution in [0.15, 0.2) is 24.3 Å². The van der Waals surface area contributed by atoms with E-state index < -0.39 is 0 Å². The molecule has 2 nitrogen and oxygen atoms in total. The van der Waals surface area contributed by atoms with Crippen molar-refractivity contribution in [2.45, 2.75) is 25.8 Å². The second-order valence-corrected chi connectivity index (χ2v) is 6.15. The molecular formula is C15H20N2S. The van der Waals surface area contributed by atoms with Gasteiger partial charge in [0, 0.05) is 6.04 Å². The van der Waals surface area contributed by atoms with Crippen LogP contribution in [0.25, 0.3) is 0 Å². The van der Waals surface area contributed by atoms with Crippen LogP contribution in [0.4, 0.5) is 0 Å². The van der Waals surface area contributed by atoms with Crippen LogP contribution in [0.5, 0.6) is 0 Å². The number of rotatable bonds is 4. The third kappa shape index (κ3) is 3.76. The van der Waals surface area contributed by atoms with Crippen molar-refractivity contribution in [1.29, 1.82) is 5.26 Å². The van der Waals surface area contributed by atoms with E-state index in [0.29, 0.717) is 6.04 Å². The molecule has 0 amide bonds. The largest absolute Gasteiger partial charge is 0.310 e. The topological polar surface area (TPSA) is 35.8 Å². The molecule has 0 saturated carbocycles. The minimum absolute atomic E-state index is 0.327. The Morgan fingerprint density at radius 3 is 2.94 bits per heavy atom. The summed E-state index contributed by atoms with van der Waals surface area (Å²) >= 11 is 2.07. The van der Waals surface area contributed by atoms with Crippen molar-refractivity contribution >= 4 is 11.8 Å². The molecule has 96 valence electrons. The molecule has 3 heteroatoms. The second kappa shape index (κ2) is 6.82. The Labute approximate surface area is 114 Å². The zero-order chi connectivity index (χ0) is 12.8. The van der Waals surface area contributed by atoms with Gasteiger partial charge in [0.15, 0.2) is 0 Å². The molecular weight excluding hydrogens is 240 g/mol. The van der Waals surface area contributed by atoms with Crippen LogP contribution in [0.2, 0.25) is 0 Å². The third-order valence-corrected chi connectivity index (χ3v) is 4.62. The summed E-state index contributed by atoms with van der Waals surface area (Å²) in [6.45, 7) is 3.27. The van der Waals surface area contributed by atoms with Crippen molar-refractivity contribution in [2.24, 2.45) is 5.92 Å². The van der Waals surface area contributed by atoms with Gasteiger partial charge in [0.25, 0.3) is 0 Å². The van der Waals surface area contributed by atoms with Crippen LogP contribution in [0, 0.1) is 17.2 Å². The summed E-state index contributed by atoms with van der Waals surface area (Å²) in [6.07, 6.45) is 2.67. The highest BCUT2D eigenvalue weighted by atomic mass is 32.2. The predicted octanol–water partition coefficient (Wildman–Crippen LogP) is 3.35. The van der Waals surface area contributed by atoms with E-state index in [0.717, 1.165) is 18.0 Å². The maximum atomic E-state index is 8.90. The normalized spacial score (nSPS) is 18.2. The maximum absolute atomic E-state index is 8.90. The van der Waals surface area contributed by atoms with Gasteiger partial charge in [-0.2, -0.15) is 17.0 Å². The summed E-state index contributed by atoms with van der Waals surface area (Å²) < 4.78 is 0. The molecule has 0 radical (unpaired) electrons. The third-order valence-electron chi connectivity index (χ3n) is 3.57. The van der Waals surface area contributed by atoms with Crippen LogP contribution in [0.1, 0.15) is 36.9 Å². The molecule has 0 aromatic heterocycles. The number of benzene rings is 1. The first kappa shape index (κ1) is 13.5. The molecule has 1 fully saturated rings. The lowest BCUT2D eigenvalue weighted by Crippen LogP contribution is -2.28. The highest BCUT2D eigenvalue weighted by Crippen LogP contribution is 2.23. The van der Waals surface area contributed by atoms with Crippen molar-refractivity contribution in [3.8, 4) is 6.07 Å². The van der Waals surface area contributed by atoms with E-state index >= 15 is 0 Å². The molecule has 18 heavy (non-hydrogen) atoms. The van der Waals surface area contributed by atoms with Gasteiger partial charge in [-0.1, -0.05) is 12.1 Å². The Balaban J connectivity index is 1.86. The fraction of sp³-hybridized carbons (Fsp3) is 0.533. The number of nitrogens with zero attached hydrogens (tertiary/aromatic N) is 1. The predicted molar refractivity (Wildman–Crippen MR) is 77.6 cm³/mol. The van der Waals surface area contributed by atoms with Gasteiger partial charge >= 0.3 is 0 Å². The molecule has 0 bridgehead atoms. The highest BCUT2D eigenvalue weighted by molar-refractivity contribution is 7.99. The van der Waals surface area contributed by atoms with E-state index in [9.17, 15) is 0 Å². The molecule has 1 aliphatic heterocycles. The molecule has 1 atom stereocenters. The quantitative estimate of drug-likeness (QED) is 0.901. The Bertz CT molecular complexity index is 419. The first-order chi connectivity index (χ1) is 8.79. The van der Waals surface area contributed by atoms with Gasteiger partial charge in [-0.15, -0.1) is 0 Å². The molecule has 1 heterocycles. The first-order valence-electron chi connectivity index (χ1n) is 6.61. The van der Waals surface area contributed by atoms with E-state index in [2.05, 4.69) is 36.1 Å². The molecule has 1 aromatic rings. The average molecular weight is 260 g/mol. The van der Waals surface area contributed by atoms with Crippen molar-refractivity contribution in [1.82, 2.24) is 5.32 Å². The van der Waals surface area contributed by atoms with Gasteiger partial charge in [-0.05, 0) is 61.4 Å². The lowest BCUT2D eigenvalue weighted by Gasteiger charge is -2.24. The lowest BCUT2D eigenvalue weighted by molar-refractivity contribution is 0.421. The molecule has 2 rings (SSSR count). The highest BCUT2D eigenvalue weighted by Gasteiger charge is 2.14. The smallest absolute Gasteiger partial charge is 0.0991 e.